The lowest BCUT2D eigenvalue weighted by atomic mass is 10.2. The third-order valence-corrected chi connectivity index (χ3v) is 3.73. The maximum atomic E-state index is 13.3. The average molecular weight is 344 g/mol. The number of hydrogen-bond donors (Lipinski definition) is 1. The Labute approximate surface area is 146 Å². The van der Waals surface area contributed by atoms with E-state index in [9.17, 15) is 14.0 Å². The van der Waals surface area contributed by atoms with Crippen LogP contribution >= 0.6 is 0 Å². The number of carbonyl (C=O) groups is 2. The first kappa shape index (κ1) is 18.4. The molecule has 1 N–H and O–H groups in total. The fourth-order valence-electron chi connectivity index (χ4n) is 2.46. The second kappa shape index (κ2) is 8.82. The number of carbonyl (C=O) groups excluding carboxylic acids is 2. The summed E-state index contributed by atoms with van der Waals surface area (Å²) in [5.74, 6) is -0.172. The van der Waals surface area contributed by atoms with E-state index >= 15 is 0 Å². The number of halogens is 1. The maximum absolute atomic E-state index is 13.3. The molecule has 25 heavy (non-hydrogen) atoms. The summed E-state index contributed by atoms with van der Waals surface area (Å²) in [5.41, 5.74) is 1.30. The van der Waals surface area contributed by atoms with Gasteiger partial charge in [-0.15, -0.1) is 0 Å². The number of rotatable bonds is 7. The van der Waals surface area contributed by atoms with Crippen LogP contribution in [-0.2, 0) is 16.1 Å². The van der Waals surface area contributed by atoms with Crippen molar-refractivity contribution in [3.05, 3.63) is 59.9 Å². The largest absolute Gasteiger partial charge is 0.496 e. The lowest BCUT2D eigenvalue weighted by Crippen LogP contribution is -2.33. The van der Waals surface area contributed by atoms with Crippen molar-refractivity contribution in [2.24, 2.45) is 0 Å². The number of nitrogens with zero attached hydrogens (tertiary/aromatic N) is 1. The van der Waals surface area contributed by atoms with Crippen LogP contribution in [-0.4, -0.2) is 25.5 Å². The van der Waals surface area contributed by atoms with Crippen molar-refractivity contribution in [2.75, 3.05) is 18.6 Å². The van der Waals surface area contributed by atoms with E-state index in [2.05, 4.69) is 5.32 Å². The SMILES string of the molecule is COc1ccccc1CNC(=O)CCN(C(C)=O)c1cccc(F)c1. The fourth-order valence-corrected chi connectivity index (χ4v) is 2.46. The Morgan fingerprint density at radius 1 is 1.16 bits per heavy atom. The minimum Gasteiger partial charge on any atom is -0.496 e. The van der Waals surface area contributed by atoms with Gasteiger partial charge in [-0.25, -0.2) is 4.39 Å². The third-order valence-electron chi connectivity index (χ3n) is 3.73. The minimum absolute atomic E-state index is 0.116. The molecular weight excluding hydrogens is 323 g/mol. The molecule has 0 fully saturated rings. The molecule has 5 nitrogen and oxygen atoms in total. The molecule has 0 aliphatic heterocycles. The highest BCUT2D eigenvalue weighted by atomic mass is 19.1. The first-order chi connectivity index (χ1) is 12.0. The van der Waals surface area contributed by atoms with Gasteiger partial charge < -0.3 is 15.0 Å². The van der Waals surface area contributed by atoms with Crippen LogP contribution in [0.4, 0.5) is 10.1 Å². The predicted octanol–water partition coefficient (Wildman–Crippen LogP) is 2.89. The van der Waals surface area contributed by atoms with E-state index in [0.29, 0.717) is 18.0 Å². The quantitative estimate of drug-likeness (QED) is 0.840. The van der Waals surface area contributed by atoms with E-state index in [1.165, 1.54) is 30.0 Å². The molecule has 0 atom stereocenters. The van der Waals surface area contributed by atoms with Gasteiger partial charge in [0.2, 0.25) is 11.8 Å². The predicted molar refractivity (Wildman–Crippen MR) is 93.9 cm³/mol. The number of benzene rings is 2. The molecule has 0 saturated heterocycles. The number of anilines is 1. The highest BCUT2D eigenvalue weighted by Gasteiger charge is 2.14. The Bertz CT molecular complexity index is 749. The van der Waals surface area contributed by atoms with Crippen molar-refractivity contribution in [1.82, 2.24) is 5.32 Å². The highest BCUT2D eigenvalue weighted by Crippen LogP contribution is 2.17. The smallest absolute Gasteiger partial charge is 0.223 e. The summed E-state index contributed by atoms with van der Waals surface area (Å²) in [7, 11) is 1.57. The average Bonchev–Trinajstić information content (AvgIpc) is 2.60. The van der Waals surface area contributed by atoms with Crippen LogP contribution in [0.5, 0.6) is 5.75 Å². The molecule has 2 aromatic carbocycles. The van der Waals surface area contributed by atoms with Gasteiger partial charge in [-0.05, 0) is 24.3 Å². The zero-order valence-corrected chi connectivity index (χ0v) is 14.3. The van der Waals surface area contributed by atoms with Crippen LogP contribution in [0, 0.1) is 5.82 Å². The number of ether oxygens (including phenoxy) is 1. The van der Waals surface area contributed by atoms with Gasteiger partial charge in [0.05, 0.1) is 7.11 Å². The lowest BCUT2D eigenvalue weighted by molar-refractivity contribution is -0.121. The highest BCUT2D eigenvalue weighted by molar-refractivity contribution is 5.92. The van der Waals surface area contributed by atoms with Crippen molar-refractivity contribution in [1.29, 1.82) is 0 Å². The van der Waals surface area contributed by atoms with E-state index < -0.39 is 5.82 Å². The van der Waals surface area contributed by atoms with E-state index in [4.69, 9.17) is 4.74 Å². The summed E-state index contributed by atoms with van der Waals surface area (Å²) in [4.78, 5) is 25.2. The van der Waals surface area contributed by atoms with Gasteiger partial charge in [0.25, 0.3) is 0 Å². The molecular formula is C19H21FN2O3. The standard InChI is InChI=1S/C19H21FN2O3/c1-14(23)22(17-8-5-7-16(20)12-17)11-10-19(24)21-13-15-6-3-4-9-18(15)25-2/h3-9,12H,10-11,13H2,1-2H3,(H,21,24). The third kappa shape index (κ3) is 5.31. The van der Waals surface area contributed by atoms with Gasteiger partial charge in [0.15, 0.2) is 0 Å². The number of nitrogens with one attached hydrogen (secondary N) is 1. The Kier molecular flexibility index (Phi) is 6.51. The maximum Gasteiger partial charge on any atom is 0.223 e. The molecule has 2 amide bonds. The monoisotopic (exact) mass is 344 g/mol. The Hall–Kier alpha value is -2.89. The fraction of sp³-hybridized carbons (Fsp3) is 0.263. The summed E-state index contributed by atoms with van der Waals surface area (Å²) < 4.78 is 18.6. The number of hydrogen-bond acceptors (Lipinski definition) is 3. The minimum atomic E-state index is -0.427. The normalized spacial score (nSPS) is 10.2. The molecule has 0 radical (unpaired) electrons. The van der Waals surface area contributed by atoms with Crippen molar-refractivity contribution >= 4 is 17.5 Å². The van der Waals surface area contributed by atoms with E-state index in [-0.39, 0.29) is 24.8 Å². The van der Waals surface area contributed by atoms with Crippen LogP contribution in [0.25, 0.3) is 0 Å². The molecule has 2 rings (SSSR count). The Balaban J connectivity index is 1.92. The topological polar surface area (TPSA) is 58.6 Å². The molecule has 0 unspecified atom stereocenters. The van der Waals surface area contributed by atoms with Crippen molar-refractivity contribution < 1.29 is 18.7 Å². The van der Waals surface area contributed by atoms with E-state index in [1.54, 1.807) is 13.2 Å². The van der Waals surface area contributed by atoms with E-state index in [1.807, 2.05) is 24.3 Å². The molecule has 0 spiro atoms. The molecule has 6 heteroatoms. The Morgan fingerprint density at radius 2 is 1.92 bits per heavy atom. The summed E-state index contributed by atoms with van der Waals surface area (Å²) in [6.45, 7) is 1.90. The molecule has 0 aromatic heterocycles. The summed E-state index contributed by atoms with van der Waals surface area (Å²) >= 11 is 0. The zero-order chi connectivity index (χ0) is 18.2. The van der Waals surface area contributed by atoms with Crippen LogP contribution in [0.3, 0.4) is 0 Å². The van der Waals surface area contributed by atoms with Gasteiger partial charge >= 0.3 is 0 Å². The van der Waals surface area contributed by atoms with Crippen molar-refractivity contribution in [3.8, 4) is 5.75 Å². The van der Waals surface area contributed by atoms with Gasteiger partial charge in [-0.1, -0.05) is 24.3 Å². The van der Waals surface area contributed by atoms with Crippen molar-refractivity contribution in [3.63, 3.8) is 0 Å². The zero-order valence-electron chi connectivity index (χ0n) is 14.3. The first-order valence-corrected chi connectivity index (χ1v) is 7.93. The van der Waals surface area contributed by atoms with Crippen LogP contribution in [0.2, 0.25) is 0 Å². The van der Waals surface area contributed by atoms with Gasteiger partial charge in [-0.3, -0.25) is 9.59 Å². The summed E-state index contributed by atoms with van der Waals surface area (Å²) in [5, 5.41) is 2.80. The summed E-state index contributed by atoms with van der Waals surface area (Å²) in [6.07, 6.45) is 0.116. The molecule has 0 aliphatic rings. The molecule has 0 aliphatic carbocycles. The molecule has 2 aromatic rings. The number of para-hydroxylation sites is 1. The Morgan fingerprint density at radius 3 is 2.60 bits per heavy atom. The van der Waals surface area contributed by atoms with Crippen molar-refractivity contribution in [2.45, 2.75) is 19.9 Å². The molecule has 0 saturated carbocycles. The van der Waals surface area contributed by atoms with Gasteiger partial charge in [0, 0.05) is 37.7 Å². The van der Waals surface area contributed by atoms with Crippen LogP contribution in [0.15, 0.2) is 48.5 Å². The van der Waals surface area contributed by atoms with E-state index in [0.717, 1.165) is 5.56 Å². The van der Waals surface area contributed by atoms with Crippen LogP contribution in [0.1, 0.15) is 18.9 Å². The lowest BCUT2D eigenvalue weighted by Gasteiger charge is -2.21. The van der Waals surface area contributed by atoms with Crippen LogP contribution < -0.4 is 15.0 Å². The first-order valence-electron chi connectivity index (χ1n) is 7.93. The second-order valence-electron chi connectivity index (χ2n) is 5.49. The molecule has 0 bridgehead atoms. The molecule has 132 valence electrons. The summed E-state index contributed by atoms with van der Waals surface area (Å²) in [6, 6.07) is 13.2. The van der Waals surface area contributed by atoms with Gasteiger partial charge in [-0.2, -0.15) is 0 Å². The van der Waals surface area contributed by atoms with Gasteiger partial charge in [0.1, 0.15) is 11.6 Å². The molecule has 0 heterocycles. The second-order valence-corrected chi connectivity index (χ2v) is 5.49. The number of amides is 2. The number of methoxy groups -OCH3 is 1.